The lowest BCUT2D eigenvalue weighted by Gasteiger charge is -2.46. The summed E-state index contributed by atoms with van der Waals surface area (Å²) in [5.74, 6) is 0. The largest absolute Gasteiger partial charge is 0.391 e. The van der Waals surface area contributed by atoms with Crippen molar-refractivity contribution in [1.82, 2.24) is 5.32 Å². The Morgan fingerprint density at radius 2 is 1.66 bits per heavy atom. The van der Waals surface area contributed by atoms with Crippen molar-refractivity contribution in [2.45, 2.75) is 119 Å². The molecule has 0 spiro atoms. The smallest absolute Gasteiger partial charge is 0.197 e. The second kappa shape index (κ2) is 13.8. The molecule has 2 aliphatic rings. The van der Waals surface area contributed by atoms with Gasteiger partial charge in [-0.25, -0.2) is 0 Å². The third kappa shape index (κ3) is 7.72. The number of ether oxygens (including phenoxy) is 4. The minimum Gasteiger partial charge on any atom is -0.391 e. The first-order valence-corrected chi connectivity index (χ1v) is 12.1. The summed E-state index contributed by atoms with van der Waals surface area (Å²) in [5.41, 5.74) is 17.6. The Kier molecular flexibility index (Phi) is 12.1. The molecule has 208 valence electrons. The van der Waals surface area contributed by atoms with Gasteiger partial charge in [-0.05, 0) is 33.2 Å². The van der Waals surface area contributed by atoms with Crippen LogP contribution in [0.4, 0.5) is 0 Å². The van der Waals surface area contributed by atoms with Crippen molar-refractivity contribution in [2.75, 3.05) is 13.1 Å². The standard InChI is InChI=1S/C21H44N4O10/c1-4-5-25-11-6-10(23)17(34-21(19(24)31)33-16(8(2)26)9(3)27)18(13(11)28)35-20-15(30)14(29)12(7-22)32-20/h8-21,25-31H,4-7,22-24H2,1-3H3/t8-,9?,10?,11?,12?,13?,14?,15?,16?,17?,18?,19+,20?,21?/m1/s1. The van der Waals surface area contributed by atoms with Gasteiger partial charge >= 0.3 is 0 Å². The van der Waals surface area contributed by atoms with Crippen LogP contribution in [0.1, 0.15) is 33.6 Å². The molecule has 0 amide bonds. The van der Waals surface area contributed by atoms with E-state index >= 15 is 0 Å². The second-order valence-electron chi connectivity index (χ2n) is 9.35. The predicted octanol–water partition coefficient (Wildman–Crippen LogP) is -4.63. The molecule has 1 saturated heterocycles. The van der Waals surface area contributed by atoms with E-state index in [1.807, 2.05) is 6.92 Å². The van der Waals surface area contributed by atoms with Gasteiger partial charge in [-0.15, -0.1) is 0 Å². The van der Waals surface area contributed by atoms with Gasteiger partial charge in [0.15, 0.2) is 18.8 Å². The molecule has 1 heterocycles. The third-order valence-corrected chi connectivity index (χ3v) is 6.33. The number of nitrogens with two attached hydrogens (primary N) is 3. The molecule has 35 heavy (non-hydrogen) atoms. The van der Waals surface area contributed by atoms with Gasteiger partial charge in [0.05, 0.1) is 18.3 Å². The molecule has 0 aromatic heterocycles. The van der Waals surface area contributed by atoms with Crippen LogP contribution < -0.4 is 22.5 Å². The van der Waals surface area contributed by atoms with Crippen molar-refractivity contribution in [1.29, 1.82) is 0 Å². The number of hydrogen-bond donors (Lipinski definition) is 10. The molecule has 2 rings (SSSR count). The SMILES string of the molecule is CCCNC1CC(N)C(OC(OC(C(C)O)[C@@H](C)O)[C@@H](N)O)C(OC2OC(CN)C(O)C2O)C1O. The second-order valence-corrected chi connectivity index (χ2v) is 9.35. The van der Waals surface area contributed by atoms with Crippen LogP contribution in [0, 0.1) is 0 Å². The van der Waals surface area contributed by atoms with Crippen LogP contribution in [-0.4, -0.2) is 130 Å². The summed E-state index contributed by atoms with van der Waals surface area (Å²) >= 11 is 0. The highest BCUT2D eigenvalue weighted by molar-refractivity contribution is 5.01. The summed E-state index contributed by atoms with van der Waals surface area (Å²) < 4.78 is 22.8. The lowest BCUT2D eigenvalue weighted by atomic mass is 9.83. The van der Waals surface area contributed by atoms with Crippen molar-refractivity contribution >= 4 is 0 Å². The van der Waals surface area contributed by atoms with E-state index in [-0.39, 0.29) is 13.0 Å². The van der Waals surface area contributed by atoms with E-state index in [1.54, 1.807) is 0 Å². The Morgan fingerprint density at radius 3 is 2.14 bits per heavy atom. The fourth-order valence-corrected chi connectivity index (χ4v) is 4.41. The fraction of sp³-hybridized carbons (Fsp3) is 1.00. The average Bonchev–Trinajstić information content (AvgIpc) is 3.06. The van der Waals surface area contributed by atoms with Gasteiger partial charge < -0.3 is 72.1 Å². The molecule has 2 fully saturated rings. The molecule has 14 heteroatoms. The van der Waals surface area contributed by atoms with E-state index in [0.29, 0.717) is 6.54 Å². The molecule has 14 atom stereocenters. The molecule has 0 radical (unpaired) electrons. The Hall–Kier alpha value is -0.560. The minimum atomic E-state index is -1.70. The van der Waals surface area contributed by atoms with E-state index in [1.165, 1.54) is 13.8 Å². The molecule has 0 aromatic carbocycles. The maximum atomic E-state index is 11.1. The zero-order valence-electron chi connectivity index (χ0n) is 20.5. The summed E-state index contributed by atoms with van der Waals surface area (Å²) in [5, 5.41) is 64.8. The van der Waals surface area contributed by atoms with Crippen molar-refractivity contribution in [3.63, 3.8) is 0 Å². The van der Waals surface area contributed by atoms with Gasteiger partial charge in [-0.2, -0.15) is 0 Å². The van der Waals surface area contributed by atoms with Crippen molar-refractivity contribution in [2.24, 2.45) is 17.2 Å². The molecule has 0 bridgehead atoms. The van der Waals surface area contributed by atoms with Gasteiger partial charge in [-0.1, -0.05) is 6.92 Å². The van der Waals surface area contributed by atoms with Gasteiger partial charge in [0, 0.05) is 18.6 Å². The molecule has 13 N–H and O–H groups in total. The number of rotatable bonds is 13. The first kappa shape index (κ1) is 30.7. The van der Waals surface area contributed by atoms with E-state index in [2.05, 4.69) is 5.32 Å². The van der Waals surface area contributed by atoms with Gasteiger partial charge in [-0.3, -0.25) is 0 Å². The summed E-state index contributed by atoms with van der Waals surface area (Å²) in [6.07, 6.45) is -14.1. The number of nitrogens with one attached hydrogen (secondary N) is 1. The van der Waals surface area contributed by atoms with E-state index in [0.717, 1.165) is 6.42 Å². The highest BCUT2D eigenvalue weighted by Gasteiger charge is 2.51. The van der Waals surface area contributed by atoms with Crippen LogP contribution in [0.5, 0.6) is 0 Å². The van der Waals surface area contributed by atoms with Crippen LogP contribution in [0.2, 0.25) is 0 Å². The van der Waals surface area contributed by atoms with Crippen LogP contribution in [-0.2, 0) is 18.9 Å². The van der Waals surface area contributed by atoms with E-state index in [9.17, 15) is 30.6 Å². The monoisotopic (exact) mass is 512 g/mol. The highest BCUT2D eigenvalue weighted by Crippen LogP contribution is 2.31. The molecule has 1 aliphatic heterocycles. The van der Waals surface area contributed by atoms with E-state index in [4.69, 9.17) is 36.1 Å². The number of aliphatic hydroxyl groups excluding tert-OH is 6. The van der Waals surface area contributed by atoms with Crippen LogP contribution in [0.25, 0.3) is 0 Å². The number of aliphatic hydroxyl groups is 6. The Morgan fingerprint density at radius 1 is 1.03 bits per heavy atom. The van der Waals surface area contributed by atoms with Crippen molar-refractivity contribution < 1.29 is 49.6 Å². The molecule has 1 saturated carbocycles. The van der Waals surface area contributed by atoms with Crippen LogP contribution in [0.15, 0.2) is 0 Å². The van der Waals surface area contributed by atoms with Crippen molar-refractivity contribution in [3.05, 3.63) is 0 Å². The first-order chi connectivity index (χ1) is 16.4. The summed E-state index contributed by atoms with van der Waals surface area (Å²) in [7, 11) is 0. The average molecular weight is 513 g/mol. The van der Waals surface area contributed by atoms with Gasteiger partial charge in [0.1, 0.15) is 36.6 Å². The van der Waals surface area contributed by atoms with Crippen LogP contribution >= 0.6 is 0 Å². The Balaban J connectivity index is 2.28. The van der Waals surface area contributed by atoms with Gasteiger partial charge in [0.25, 0.3) is 0 Å². The highest BCUT2D eigenvalue weighted by atomic mass is 16.7. The molecule has 0 aromatic rings. The Labute approximate surface area is 205 Å². The quantitative estimate of drug-likeness (QED) is 0.104. The predicted molar refractivity (Wildman–Crippen MR) is 122 cm³/mol. The van der Waals surface area contributed by atoms with E-state index < -0.39 is 85.8 Å². The van der Waals surface area contributed by atoms with Crippen molar-refractivity contribution in [3.8, 4) is 0 Å². The molecular weight excluding hydrogens is 468 g/mol. The summed E-state index contributed by atoms with van der Waals surface area (Å²) in [6, 6.07) is -1.25. The molecule has 12 unspecified atom stereocenters. The lowest BCUT2D eigenvalue weighted by Crippen LogP contribution is -2.66. The Bertz CT molecular complexity index is 611. The summed E-state index contributed by atoms with van der Waals surface area (Å²) in [4.78, 5) is 0. The topological polar surface area (TPSA) is 248 Å². The first-order valence-electron chi connectivity index (χ1n) is 12.1. The third-order valence-electron chi connectivity index (χ3n) is 6.33. The zero-order valence-corrected chi connectivity index (χ0v) is 20.5. The molecule has 1 aliphatic carbocycles. The van der Waals surface area contributed by atoms with Crippen LogP contribution in [0.3, 0.4) is 0 Å². The normalized spacial score (nSPS) is 40.3. The van der Waals surface area contributed by atoms with Gasteiger partial charge in [0.2, 0.25) is 0 Å². The maximum Gasteiger partial charge on any atom is 0.197 e. The maximum absolute atomic E-state index is 11.1. The molecule has 14 nitrogen and oxygen atoms in total. The summed E-state index contributed by atoms with van der Waals surface area (Å²) in [6.45, 7) is 5.27. The molecular formula is C21H44N4O10. The lowest BCUT2D eigenvalue weighted by molar-refractivity contribution is -0.302. The number of hydrogen-bond acceptors (Lipinski definition) is 14. The zero-order chi connectivity index (χ0) is 26.4. The fourth-order valence-electron chi connectivity index (χ4n) is 4.41. The minimum absolute atomic E-state index is 0.0687.